The summed E-state index contributed by atoms with van der Waals surface area (Å²) >= 11 is 1.05. The molecule has 0 N–H and O–H groups in total. The fourth-order valence-electron chi connectivity index (χ4n) is 4.48. The summed E-state index contributed by atoms with van der Waals surface area (Å²) < 4.78 is 27.9. The van der Waals surface area contributed by atoms with E-state index in [1.807, 2.05) is 12.1 Å². The second kappa shape index (κ2) is 11.1. The highest BCUT2D eigenvalue weighted by molar-refractivity contribution is 7.89. The Morgan fingerprint density at radius 3 is 2.32 bits per heavy atom. The molecule has 7 heteroatoms. The molecule has 170 valence electrons. The molecule has 2 aromatic rings. The fourth-order valence-corrected chi connectivity index (χ4v) is 4.76. The number of likely N-dealkylation sites (N-methyl/N-ethyl adjacent to an activating group) is 1. The van der Waals surface area contributed by atoms with Gasteiger partial charge in [-0.3, -0.25) is 8.37 Å². The number of ether oxygens (including phenoxy) is 3. The molecule has 2 aromatic carbocycles. The van der Waals surface area contributed by atoms with Gasteiger partial charge in [-0.15, -0.1) is 0 Å². The third-order valence-corrected chi connectivity index (χ3v) is 6.65. The van der Waals surface area contributed by atoms with Crippen LogP contribution in [0.2, 0.25) is 0 Å². The molecular weight excluding hydrogens is 414 g/mol. The Morgan fingerprint density at radius 1 is 0.968 bits per heavy atom. The molecule has 0 radical (unpaired) electrons. The molecule has 2 unspecified atom stereocenters. The first-order chi connectivity index (χ1) is 15.0. The summed E-state index contributed by atoms with van der Waals surface area (Å²) in [5, 5.41) is 0. The molecule has 31 heavy (non-hydrogen) atoms. The number of quaternary nitrogens is 1. The van der Waals surface area contributed by atoms with Gasteiger partial charge in [0.25, 0.3) is 0 Å². The van der Waals surface area contributed by atoms with Crippen molar-refractivity contribution in [1.29, 1.82) is 0 Å². The van der Waals surface area contributed by atoms with Crippen molar-refractivity contribution in [2.45, 2.75) is 25.3 Å². The molecule has 0 spiro atoms. The van der Waals surface area contributed by atoms with Crippen molar-refractivity contribution < 1.29 is 27.1 Å². The van der Waals surface area contributed by atoms with Crippen LogP contribution in [-0.4, -0.2) is 59.7 Å². The second-order valence-corrected chi connectivity index (χ2v) is 8.77. The Bertz CT molecular complexity index is 845. The number of nitrogens with zero attached hydrogens (tertiary/aromatic N) is 1. The minimum Gasteiger partial charge on any atom is -0.497 e. The zero-order valence-electron chi connectivity index (χ0n) is 19.2. The summed E-state index contributed by atoms with van der Waals surface area (Å²) in [5.41, 5.74) is 3.98. The van der Waals surface area contributed by atoms with Crippen LogP contribution in [0.15, 0.2) is 36.4 Å². The highest BCUT2D eigenvalue weighted by Crippen LogP contribution is 2.42. The third-order valence-electron chi connectivity index (χ3n) is 6.25. The summed E-state index contributed by atoms with van der Waals surface area (Å²) in [5.74, 6) is 2.46. The maximum atomic E-state index is 5.64. The molecule has 1 aliphatic rings. The van der Waals surface area contributed by atoms with Crippen molar-refractivity contribution in [3.63, 3.8) is 0 Å². The number of methoxy groups -OCH3 is 3. The van der Waals surface area contributed by atoms with Crippen LogP contribution in [0.3, 0.4) is 0 Å². The highest BCUT2D eigenvalue weighted by atomic mass is 32.2. The average molecular weight is 449 g/mol. The van der Waals surface area contributed by atoms with E-state index in [1.165, 1.54) is 16.7 Å². The highest BCUT2D eigenvalue weighted by Gasteiger charge is 2.39. The van der Waals surface area contributed by atoms with Gasteiger partial charge in [-0.25, -0.2) is 0 Å². The van der Waals surface area contributed by atoms with E-state index in [0.717, 1.165) is 66.4 Å². The normalized spacial score (nSPS) is 20.2. The molecule has 0 bridgehead atoms. The summed E-state index contributed by atoms with van der Waals surface area (Å²) in [4.78, 5) is 0. The molecular formula is C24H34NO5S+. The first-order valence-electron chi connectivity index (χ1n) is 10.6. The van der Waals surface area contributed by atoms with Gasteiger partial charge in [0.2, 0.25) is 0 Å². The first kappa shape index (κ1) is 23.7. The standard InChI is InChI=1S/C24H34NO5S/c1-25(12-6-14-30-31-29-5)13-11-19-16-23(27-3)24(28-4)17-21(19)22(25)15-18-7-9-20(26-2)10-8-18/h7-10,16-17,22H,6,11-15H2,1-5H3/q+1. The summed E-state index contributed by atoms with van der Waals surface area (Å²) in [6.07, 6.45) is 2.92. The Hall–Kier alpha value is -1.93. The largest absolute Gasteiger partial charge is 0.497 e. The summed E-state index contributed by atoms with van der Waals surface area (Å²) in [6.45, 7) is 2.76. The van der Waals surface area contributed by atoms with Crippen molar-refractivity contribution in [1.82, 2.24) is 0 Å². The van der Waals surface area contributed by atoms with Gasteiger partial charge in [-0.05, 0) is 35.4 Å². The van der Waals surface area contributed by atoms with E-state index in [4.69, 9.17) is 22.6 Å². The number of hydrogen-bond donors (Lipinski definition) is 0. The molecule has 0 amide bonds. The smallest absolute Gasteiger partial charge is 0.161 e. The van der Waals surface area contributed by atoms with Crippen LogP contribution in [0.1, 0.15) is 29.2 Å². The second-order valence-electron chi connectivity index (χ2n) is 8.06. The van der Waals surface area contributed by atoms with E-state index in [-0.39, 0.29) is 0 Å². The van der Waals surface area contributed by atoms with Gasteiger partial charge < -0.3 is 18.7 Å². The Morgan fingerprint density at radius 2 is 1.68 bits per heavy atom. The van der Waals surface area contributed by atoms with Gasteiger partial charge in [-0.2, -0.15) is 0 Å². The van der Waals surface area contributed by atoms with E-state index >= 15 is 0 Å². The topological polar surface area (TPSA) is 46.2 Å². The van der Waals surface area contributed by atoms with E-state index in [1.54, 1.807) is 28.4 Å². The molecule has 0 aromatic heterocycles. The maximum absolute atomic E-state index is 5.64. The number of fused-ring (bicyclic) bond motifs is 1. The Labute approximate surface area is 190 Å². The van der Waals surface area contributed by atoms with Crippen molar-refractivity contribution in [2.75, 3.05) is 55.2 Å². The maximum Gasteiger partial charge on any atom is 0.161 e. The van der Waals surface area contributed by atoms with Gasteiger partial charge in [0.15, 0.2) is 23.8 Å². The van der Waals surface area contributed by atoms with Gasteiger partial charge in [0, 0.05) is 24.8 Å². The van der Waals surface area contributed by atoms with Crippen LogP contribution in [0, 0.1) is 0 Å². The molecule has 1 heterocycles. The van der Waals surface area contributed by atoms with E-state index in [0.29, 0.717) is 12.6 Å². The van der Waals surface area contributed by atoms with Crippen molar-refractivity contribution in [2.24, 2.45) is 0 Å². The zero-order chi connectivity index (χ0) is 22.3. The molecule has 0 saturated carbocycles. The van der Waals surface area contributed by atoms with Gasteiger partial charge in [-0.1, -0.05) is 12.1 Å². The van der Waals surface area contributed by atoms with Crippen molar-refractivity contribution in [3.05, 3.63) is 53.1 Å². The van der Waals surface area contributed by atoms with Crippen molar-refractivity contribution >= 4 is 12.3 Å². The van der Waals surface area contributed by atoms with Crippen LogP contribution >= 0.6 is 12.3 Å². The zero-order valence-corrected chi connectivity index (χ0v) is 20.0. The van der Waals surface area contributed by atoms with E-state index in [2.05, 4.69) is 31.3 Å². The van der Waals surface area contributed by atoms with E-state index in [9.17, 15) is 0 Å². The van der Waals surface area contributed by atoms with Crippen LogP contribution in [-0.2, 0) is 21.2 Å². The predicted octanol–water partition coefficient (Wildman–Crippen LogP) is 4.62. The number of rotatable bonds is 11. The lowest BCUT2D eigenvalue weighted by atomic mass is 9.86. The van der Waals surface area contributed by atoms with Crippen molar-refractivity contribution in [3.8, 4) is 17.2 Å². The molecule has 0 fully saturated rings. The lowest BCUT2D eigenvalue weighted by Gasteiger charge is -2.46. The molecule has 6 nitrogen and oxygen atoms in total. The average Bonchev–Trinajstić information content (AvgIpc) is 2.80. The molecule has 2 atom stereocenters. The number of hydrogen-bond acceptors (Lipinski definition) is 6. The fraction of sp³-hybridized carbons (Fsp3) is 0.500. The minimum absolute atomic E-state index is 0.312. The quantitative estimate of drug-likeness (QED) is 0.284. The molecule has 1 aliphatic heterocycles. The molecule has 3 rings (SSSR count). The summed E-state index contributed by atoms with van der Waals surface area (Å²) in [7, 11) is 9.07. The predicted molar refractivity (Wildman–Crippen MR) is 124 cm³/mol. The van der Waals surface area contributed by atoms with Gasteiger partial charge in [0.1, 0.15) is 11.8 Å². The minimum atomic E-state index is 0.312. The van der Waals surface area contributed by atoms with Crippen LogP contribution < -0.4 is 14.2 Å². The monoisotopic (exact) mass is 448 g/mol. The summed E-state index contributed by atoms with van der Waals surface area (Å²) in [6, 6.07) is 13.0. The van der Waals surface area contributed by atoms with Crippen LogP contribution in [0.5, 0.6) is 17.2 Å². The third kappa shape index (κ3) is 5.66. The van der Waals surface area contributed by atoms with Crippen LogP contribution in [0.25, 0.3) is 0 Å². The number of benzene rings is 2. The van der Waals surface area contributed by atoms with Crippen LogP contribution in [0.4, 0.5) is 0 Å². The molecule has 0 saturated heterocycles. The first-order valence-corrected chi connectivity index (χ1v) is 11.3. The van der Waals surface area contributed by atoms with Gasteiger partial charge >= 0.3 is 0 Å². The van der Waals surface area contributed by atoms with Gasteiger partial charge in [0.05, 0.1) is 55.2 Å². The SMILES string of the molecule is COSOCCC[N+]1(C)CCc2cc(OC)c(OC)cc2C1Cc1ccc(OC)cc1. The van der Waals surface area contributed by atoms with E-state index < -0.39 is 0 Å². The Balaban J connectivity index is 1.91. The lowest BCUT2D eigenvalue weighted by molar-refractivity contribution is -0.941. The molecule has 0 aliphatic carbocycles. The Kier molecular flexibility index (Phi) is 8.49. The lowest BCUT2D eigenvalue weighted by Crippen LogP contribution is -2.52.